The van der Waals surface area contributed by atoms with Gasteiger partial charge in [0.25, 0.3) is 0 Å². The molecular weight excluding hydrogens is 293 g/mol. The van der Waals surface area contributed by atoms with Gasteiger partial charge >= 0.3 is 35.5 Å². The molecule has 22 heavy (non-hydrogen) atoms. The number of carboxylic acid groups (broad SMARTS) is 1. The van der Waals surface area contributed by atoms with Gasteiger partial charge in [-0.1, -0.05) is 20.8 Å². The quantitative estimate of drug-likeness (QED) is 0.716. The third-order valence-electron chi connectivity index (χ3n) is 4.23. The van der Waals surface area contributed by atoms with Crippen LogP contribution in [0.25, 0.3) is 0 Å². The van der Waals surface area contributed by atoms with Gasteiger partial charge in [-0.25, -0.2) is 4.79 Å². The summed E-state index contributed by atoms with van der Waals surface area (Å²) >= 11 is 0. The summed E-state index contributed by atoms with van der Waals surface area (Å²) in [7, 11) is 0. The van der Waals surface area contributed by atoms with Gasteiger partial charge in [0.05, 0.1) is 16.8 Å². The number of carboxylic acids is 1. The molecule has 2 rings (SSSR count). The van der Waals surface area contributed by atoms with Crippen LogP contribution in [0.4, 0.5) is 0 Å². The number of nitrogens with one attached hydrogen (secondary N) is 2. The summed E-state index contributed by atoms with van der Waals surface area (Å²) in [5.74, 6) is -1.10. The molecule has 2 atom stereocenters. The minimum atomic E-state index is -1.04. The standard InChI is InChI=1S/C15H21N3O3.Na.H/c1-5-9-6-10(13(19)20)11(16-7-9)12-17-14(21)15(4,18-12)8(2)3;;/h6-8,12,18H,5H2,1-4H3,(H,17,21)(H,19,20);;. The Kier molecular flexibility index (Phi) is 6.15. The zero-order valence-electron chi connectivity index (χ0n) is 12.7. The van der Waals surface area contributed by atoms with Crippen molar-refractivity contribution in [3.8, 4) is 0 Å². The van der Waals surface area contributed by atoms with Crippen LogP contribution in [0.5, 0.6) is 0 Å². The van der Waals surface area contributed by atoms with E-state index in [1.165, 1.54) is 0 Å². The predicted octanol–water partition coefficient (Wildman–Crippen LogP) is 0.826. The number of carbonyl (C=O) groups is 2. The molecule has 6 nitrogen and oxygen atoms in total. The predicted molar refractivity (Wildman–Crippen MR) is 85.0 cm³/mol. The van der Waals surface area contributed by atoms with E-state index in [1.54, 1.807) is 12.3 Å². The van der Waals surface area contributed by atoms with Gasteiger partial charge in [-0.05, 0) is 30.9 Å². The average molecular weight is 315 g/mol. The number of aromatic carboxylic acids is 1. The van der Waals surface area contributed by atoms with E-state index in [4.69, 9.17) is 0 Å². The molecule has 0 bridgehead atoms. The van der Waals surface area contributed by atoms with E-state index in [-0.39, 0.29) is 46.9 Å². The molecule has 2 heterocycles. The van der Waals surface area contributed by atoms with Crippen molar-refractivity contribution >= 4 is 41.4 Å². The minimum absolute atomic E-state index is 0. The number of pyridine rings is 1. The van der Waals surface area contributed by atoms with Crippen molar-refractivity contribution in [2.24, 2.45) is 5.92 Å². The van der Waals surface area contributed by atoms with Gasteiger partial charge in [0.2, 0.25) is 5.91 Å². The van der Waals surface area contributed by atoms with Crippen molar-refractivity contribution in [2.75, 3.05) is 0 Å². The van der Waals surface area contributed by atoms with Crippen LogP contribution in [0.15, 0.2) is 12.3 Å². The van der Waals surface area contributed by atoms with Crippen molar-refractivity contribution in [3.63, 3.8) is 0 Å². The van der Waals surface area contributed by atoms with Crippen molar-refractivity contribution in [2.45, 2.75) is 45.8 Å². The summed E-state index contributed by atoms with van der Waals surface area (Å²) in [6.07, 6.45) is 1.78. The van der Waals surface area contributed by atoms with Gasteiger partial charge in [0.15, 0.2) is 0 Å². The monoisotopic (exact) mass is 315 g/mol. The Morgan fingerprint density at radius 2 is 2.14 bits per heavy atom. The van der Waals surface area contributed by atoms with Crippen LogP contribution >= 0.6 is 0 Å². The molecule has 0 radical (unpaired) electrons. The van der Waals surface area contributed by atoms with Gasteiger partial charge in [0, 0.05) is 6.20 Å². The zero-order chi connectivity index (χ0) is 15.8. The molecule has 7 heteroatoms. The molecule has 2 unspecified atom stereocenters. The molecule has 0 spiro atoms. The van der Waals surface area contributed by atoms with Gasteiger partial charge in [-0.15, -0.1) is 0 Å². The van der Waals surface area contributed by atoms with Crippen molar-refractivity contribution in [3.05, 3.63) is 29.1 Å². The summed E-state index contributed by atoms with van der Waals surface area (Å²) in [5.41, 5.74) is 0.593. The van der Waals surface area contributed by atoms with E-state index in [9.17, 15) is 14.7 Å². The second-order valence-corrected chi connectivity index (χ2v) is 5.84. The maximum absolute atomic E-state index is 12.2. The Labute approximate surface area is 152 Å². The molecule has 1 aliphatic rings. The summed E-state index contributed by atoms with van der Waals surface area (Å²) in [6, 6.07) is 1.61. The fraction of sp³-hybridized carbons (Fsp3) is 0.533. The summed E-state index contributed by atoms with van der Waals surface area (Å²) in [6.45, 7) is 7.64. The van der Waals surface area contributed by atoms with Crippen LogP contribution in [-0.4, -0.2) is 57.1 Å². The maximum atomic E-state index is 12.2. The molecule has 0 saturated carbocycles. The van der Waals surface area contributed by atoms with Gasteiger partial charge in [0.1, 0.15) is 6.17 Å². The number of nitrogens with zero attached hydrogens (tertiary/aromatic N) is 1. The van der Waals surface area contributed by atoms with Crippen molar-refractivity contribution < 1.29 is 14.7 Å². The first-order valence-corrected chi connectivity index (χ1v) is 7.10. The van der Waals surface area contributed by atoms with Crippen molar-refractivity contribution in [1.29, 1.82) is 0 Å². The van der Waals surface area contributed by atoms with E-state index in [0.29, 0.717) is 12.1 Å². The van der Waals surface area contributed by atoms with Crippen LogP contribution in [0.1, 0.15) is 55.5 Å². The van der Waals surface area contributed by atoms with Gasteiger partial charge in [-0.3, -0.25) is 15.1 Å². The Bertz CT molecular complexity index is 591. The molecule has 0 aromatic carbocycles. The number of aromatic nitrogens is 1. The first-order valence-electron chi connectivity index (χ1n) is 7.10. The summed E-state index contributed by atoms with van der Waals surface area (Å²) in [5, 5.41) is 15.3. The van der Waals surface area contributed by atoms with Crippen LogP contribution in [-0.2, 0) is 11.2 Å². The van der Waals surface area contributed by atoms with Crippen molar-refractivity contribution in [1.82, 2.24) is 15.6 Å². The van der Waals surface area contributed by atoms with Crippen LogP contribution < -0.4 is 10.6 Å². The number of rotatable bonds is 4. The Balaban J connectivity index is 0.00000242. The summed E-state index contributed by atoms with van der Waals surface area (Å²) in [4.78, 5) is 27.9. The van der Waals surface area contributed by atoms with Crippen LogP contribution in [0.3, 0.4) is 0 Å². The van der Waals surface area contributed by atoms with E-state index in [1.807, 2.05) is 27.7 Å². The molecule has 1 aromatic heterocycles. The second-order valence-electron chi connectivity index (χ2n) is 5.84. The van der Waals surface area contributed by atoms with E-state index in [0.717, 1.165) is 5.56 Å². The molecular formula is C15H22N3NaO3. The van der Waals surface area contributed by atoms with Crippen LogP contribution in [0.2, 0.25) is 0 Å². The summed E-state index contributed by atoms with van der Waals surface area (Å²) < 4.78 is 0. The number of hydrogen-bond acceptors (Lipinski definition) is 4. The molecule has 1 aliphatic heterocycles. The zero-order valence-corrected chi connectivity index (χ0v) is 12.7. The fourth-order valence-electron chi connectivity index (χ4n) is 2.36. The Hall–Kier alpha value is -0.950. The SMILES string of the molecule is CCc1cnc(C2NC(=O)C(C)(C(C)C)N2)c(C(=O)O)c1.[NaH]. The first-order chi connectivity index (χ1) is 9.79. The molecule has 1 aromatic rings. The van der Waals surface area contributed by atoms with Crippen LogP contribution in [0, 0.1) is 5.92 Å². The molecule has 1 fully saturated rings. The molecule has 0 aliphatic carbocycles. The topological polar surface area (TPSA) is 91.3 Å². The molecule has 116 valence electrons. The third kappa shape index (κ3) is 3.35. The Morgan fingerprint density at radius 3 is 2.59 bits per heavy atom. The molecule has 1 amide bonds. The third-order valence-corrected chi connectivity index (χ3v) is 4.23. The van der Waals surface area contributed by atoms with Gasteiger partial charge in [-0.2, -0.15) is 0 Å². The van der Waals surface area contributed by atoms with E-state index in [2.05, 4.69) is 15.6 Å². The van der Waals surface area contributed by atoms with E-state index < -0.39 is 17.7 Å². The van der Waals surface area contributed by atoms with E-state index >= 15 is 0 Å². The number of amides is 1. The normalized spacial score (nSPS) is 24.0. The fourth-order valence-corrected chi connectivity index (χ4v) is 2.36. The molecule has 3 N–H and O–H groups in total. The van der Waals surface area contributed by atoms with Gasteiger partial charge < -0.3 is 10.4 Å². The first kappa shape index (κ1) is 19.1. The average Bonchev–Trinajstić information content (AvgIpc) is 2.75. The molecule has 1 saturated heterocycles. The Morgan fingerprint density at radius 1 is 1.50 bits per heavy atom. The number of aryl methyl sites for hydroxylation is 1. The number of hydrogen-bond donors (Lipinski definition) is 3. The second kappa shape index (κ2) is 7.08. The number of carbonyl (C=O) groups excluding carboxylic acids is 1.